The fourth-order valence-corrected chi connectivity index (χ4v) is 16.9. The first-order chi connectivity index (χ1) is 57.3. The average molecular weight is 1380 g/mol. The Morgan fingerprint density at radius 1 is 0.308 bits per heavy atom. The summed E-state index contributed by atoms with van der Waals surface area (Å²) < 4.78 is 128. The lowest BCUT2D eigenvalue weighted by Crippen LogP contribution is -2.65. The number of anilines is 6. The molecule has 0 spiro atoms. The van der Waals surface area contributed by atoms with E-state index < -0.39 is 73.2 Å². The quantitative estimate of drug-likeness (QED) is 0.128. The zero-order valence-corrected chi connectivity index (χ0v) is 58.6. The predicted octanol–water partition coefficient (Wildman–Crippen LogP) is 22.6. The van der Waals surface area contributed by atoms with Gasteiger partial charge in [0.1, 0.15) is 23.0 Å². The first-order valence-corrected chi connectivity index (χ1v) is 36.3. The van der Waals surface area contributed by atoms with Crippen molar-refractivity contribution in [3.8, 4) is 107 Å². The van der Waals surface area contributed by atoms with Gasteiger partial charge in [0, 0.05) is 73.0 Å². The van der Waals surface area contributed by atoms with Gasteiger partial charge >= 0.3 is 0 Å². The van der Waals surface area contributed by atoms with Gasteiger partial charge in [-0.05, 0) is 148 Å². The third-order valence-corrected chi connectivity index (χ3v) is 21.8. The molecule has 17 aromatic rings. The lowest BCUT2D eigenvalue weighted by molar-refractivity contribution is 0.467. The summed E-state index contributed by atoms with van der Waals surface area (Å²) in [5.74, 6) is 2.17. The van der Waals surface area contributed by atoms with Crippen LogP contribution in [0.4, 0.5) is 34.1 Å². The number of aromatic nitrogens is 1. The third kappa shape index (κ3) is 10.0. The molecule has 0 N–H and O–H groups in total. The maximum atomic E-state index is 11.8. The molecule has 107 heavy (non-hydrogen) atoms. The number of hydrogen-bond acceptors (Lipinski definition) is 4. The van der Waals surface area contributed by atoms with Crippen molar-refractivity contribution in [2.75, 3.05) is 9.80 Å². The van der Waals surface area contributed by atoms with Gasteiger partial charge in [-0.1, -0.05) is 324 Å². The molecule has 4 aliphatic rings. The molecule has 0 amide bonds. The molecule has 5 nitrogen and oxygen atoms in total. The SMILES string of the molecule is [2H]c1c([2H])c(-n2c3c([2H])c([2H])c([2H])c([2H])c3c3c([2H])c([2H])c([2H])c([2H])c32)c([2H])c2c1B1c3c(cc(C(C)(C)C)cc3N2c2c(-c3ccccc3)cccc2-c2ccccc2)N(c2c(-c3ccccc3)cccc2-c2ccccc2)c2cc3c4c(c21)Oc1ccc(-c2ccccc2)cc1B4c1ccc(-c2cccc(-c4ccccc4)c2)cc1O3. The summed E-state index contributed by atoms with van der Waals surface area (Å²) in [5.41, 5.74) is 19.7. The highest BCUT2D eigenvalue weighted by Crippen LogP contribution is 2.56. The van der Waals surface area contributed by atoms with Crippen LogP contribution in [0.1, 0.15) is 41.4 Å². The van der Waals surface area contributed by atoms with Gasteiger partial charge in [-0.25, -0.2) is 0 Å². The zero-order chi connectivity index (χ0) is 80.6. The van der Waals surface area contributed by atoms with Gasteiger partial charge in [-0.3, -0.25) is 0 Å². The molecule has 7 heteroatoms. The third-order valence-electron chi connectivity index (χ3n) is 21.8. The van der Waals surface area contributed by atoms with E-state index in [1.165, 1.54) is 4.57 Å². The monoisotopic (exact) mass is 1380 g/mol. The molecular formula is C100H69B2N3O2. The van der Waals surface area contributed by atoms with Crippen LogP contribution < -0.4 is 52.1 Å². The fraction of sp³-hybridized carbons (Fsp3) is 0.0400. The number of rotatable bonds is 10. The molecule has 0 fully saturated rings. The molecule has 0 radical (unpaired) electrons. The van der Waals surface area contributed by atoms with Gasteiger partial charge in [-0.2, -0.15) is 0 Å². The van der Waals surface area contributed by atoms with E-state index in [-0.39, 0.29) is 50.7 Å². The molecule has 502 valence electrons. The van der Waals surface area contributed by atoms with Crippen molar-refractivity contribution in [2.24, 2.45) is 0 Å². The number of benzene rings is 16. The number of hydrogen-bond donors (Lipinski definition) is 0. The van der Waals surface area contributed by atoms with Crippen molar-refractivity contribution in [1.82, 2.24) is 4.57 Å². The van der Waals surface area contributed by atoms with Gasteiger partial charge in [0.15, 0.2) is 0 Å². The van der Waals surface area contributed by atoms with Gasteiger partial charge in [0.2, 0.25) is 0 Å². The Balaban J connectivity index is 0.957. The largest absolute Gasteiger partial charge is 0.459 e. The molecule has 16 aromatic carbocycles. The van der Waals surface area contributed by atoms with Crippen LogP contribution >= 0.6 is 0 Å². The standard InChI is InChI=1S/C100H69B2N3O2/c1-100(2,3)74-60-88-94-89(61-74)105(98-78(68-37-18-8-19-38-68)47-28-48-79(98)69-39-20-9-21-40-69)90-63-93-96-99(107-91-56-52-72(65-31-12-5-13-32-65)58-84(91)101(96)83-54-51-73(59-92(83)106-93)71-42-26-41-70(57-71)64-29-10-4-11-30-64)95(90)102(94)82-55-53-75(103-85-49-24-22-43-80(85)81-44-23-25-50-86(81)103)62-87(82)104(88)97-76(66-33-14-6-15-34-66)45-27-46-77(97)67-35-16-7-17-36-67/h4-63H,1-3H3/i22D,23D,24D,25D,43D,44D,49D,50D,53D,55D,62D. The lowest BCUT2D eigenvalue weighted by Gasteiger charge is -2.47. The molecule has 0 atom stereocenters. The highest BCUT2D eigenvalue weighted by Gasteiger charge is 2.51. The summed E-state index contributed by atoms with van der Waals surface area (Å²) in [7, 11) is 0. The molecular weight excluding hydrogens is 1300 g/mol. The van der Waals surface area contributed by atoms with Crippen LogP contribution in [-0.2, 0) is 5.41 Å². The summed E-state index contributed by atoms with van der Waals surface area (Å²) in [6.07, 6.45) is 0. The topological polar surface area (TPSA) is 29.9 Å². The van der Waals surface area contributed by atoms with Crippen molar-refractivity contribution in [3.05, 3.63) is 369 Å². The molecule has 5 heterocycles. The Morgan fingerprint density at radius 2 is 0.748 bits per heavy atom. The average Bonchev–Trinajstić information content (AvgIpc) is 0.926. The van der Waals surface area contributed by atoms with E-state index in [1.54, 1.807) is 0 Å². The molecule has 0 unspecified atom stereocenters. The Hall–Kier alpha value is -13.4. The minimum Gasteiger partial charge on any atom is -0.459 e. The van der Waals surface area contributed by atoms with Crippen LogP contribution in [0.15, 0.2) is 364 Å². The summed E-state index contributed by atoms with van der Waals surface area (Å²) in [5, 5.41) is -0.455. The first kappa shape index (κ1) is 51.7. The van der Waals surface area contributed by atoms with E-state index in [0.29, 0.717) is 51.0 Å². The number of ether oxygens (including phenoxy) is 2. The summed E-state index contributed by atoms with van der Waals surface area (Å²) >= 11 is 0. The summed E-state index contributed by atoms with van der Waals surface area (Å²) in [6, 6.07) is 95.9. The fourth-order valence-electron chi connectivity index (χ4n) is 16.9. The number of nitrogens with zero attached hydrogens (tertiary/aromatic N) is 3. The van der Waals surface area contributed by atoms with Crippen LogP contribution in [-0.4, -0.2) is 18.0 Å². The minimum atomic E-state index is -1.13. The van der Waals surface area contributed by atoms with Crippen LogP contribution in [0.2, 0.25) is 0 Å². The van der Waals surface area contributed by atoms with E-state index in [9.17, 15) is 12.3 Å². The first-order valence-electron chi connectivity index (χ1n) is 41.8. The normalized spacial score (nSPS) is 14.3. The highest BCUT2D eigenvalue weighted by molar-refractivity contribution is 7.03. The lowest BCUT2D eigenvalue weighted by atomic mass is 9.30. The number of para-hydroxylation sites is 4. The second-order valence-corrected chi connectivity index (χ2v) is 28.9. The van der Waals surface area contributed by atoms with Crippen LogP contribution in [0, 0.1) is 0 Å². The van der Waals surface area contributed by atoms with E-state index >= 15 is 0 Å². The second-order valence-electron chi connectivity index (χ2n) is 28.9. The van der Waals surface area contributed by atoms with Crippen LogP contribution in [0.25, 0.3) is 105 Å². The number of fused-ring (bicyclic) bond motifs is 12. The minimum absolute atomic E-state index is 0.132. The Morgan fingerprint density at radius 3 is 1.27 bits per heavy atom. The molecule has 1 aromatic heterocycles. The Kier molecular flexibility index (Phi) is 11.9. The van der Waals surface area contributed by atoms with Gasteiger partial charge in [0.25, 0.3) is 13.4 Å². The van der Waals surface area contributed by atoms with Crippen LogP contribution in [0.3, 0.4) is 0 Å². The predicted molar refractivity (Wildman–Crippen MR) is 449 cm³/mol. The maximum absolute atomic E-state index is 11.8. The van der Waals surface area contributed by atoms with E-state index in [4.69, 9.17) is 12.2 Å². The van der Waals surface area contributed by atoms with Crippen molar-refractivity contribution in [3.63, 3.8) is 0 Å². The molecule has 0 aliphatic carbocycles. The molecule has 0 saturated heterocycles. The molecule has 0 saturated carbocycles. The van der Waals surface area contributed by atoms with Crippen molar-refractivity contribution < 1.29 is 24.6 Å². The van der Waals surface area contributed by atoms with E-state index in [2.05, 4.69) is 225 Å². The second kappa shape index (κ2) is 24.7. The van der Waals surface area contributed by atoms with Crippen molar-refractivity contribution in [2.45, 2.75) is 26.2 Å². The Labute approximate surface area is 639 Å². The van der Waals surface area contributed by atoms with Gasteiger partial charge in [-0.15, -0.1) is 0 Å². The smallest absolute Gasteiger partial charge is 0.260 e. The molecule has 4 aliphatic heterocycles. The highest BCUT2D eigenvalue weighted by atomic mass is 16.5. The van der Waals surface area contributed by atoms with E-state index in [0.717, 1.165) is 111 Å². The van der Waals surface area contributed by atoms with Gasteiger partial charge < -0.3 is 23.8 Å². The summed E-state index contributed by atoms with van der Waals surface area (Å²) in [4.78, 5) is 4.47. The molecule has 21 rings (SSSR count). The molecule has 0 bridgehead atoms. The van der Waals surface area contributed by atoms with E-state index in [1.807, 2.05) is 103 Å². The zero-order valence-electron chi connectivity index (χ0n) is 69.6. The van der Waals surface area contributed by atoms with Gasteiger partial charge in [0.05, 0.1) is 37.5 Å². The maximum Gasteiger partial charge on any atom is 0.260 e. The summed E-state index contributed by atoms with van der Waals surface area (Å²) in [6.45, 7) is 4.86. The van der Waals surface area contributed by atoms with Crippen LogP contribution in [0.5, 0.6) is 23.0 Å². The van der Waals surface area contributed by atoms with Crippen molar-refractivity contribution >= 4 is 102 Å². The Bertz CT molecular complexity index is 6940. The van der Waals surface area contributed by atoms with Crippen molar-refractivity contribution in [1.29, 1.82) is 0 Å².